The summed E-state index contributed by atoms with van der Waals surface area (Å²) in [6.45, 7) is 2.02. The number of rotatable bonds is 2. The first-order chi connectivity index (χ1) is 6.68. The van der Waals surface area contributed by atoms with E-state index in [1.54, 1.807) is 0 Å². The third kappa shape index (κ3) is 1.62. The molecule has 1 saturated carbocycles. The molecule has 1 aromatic carbocycles. The van der Waals surface area contributed by atoms with Crippen molar-refractivity contribution < 1.29 is 5.11 Å². The first-order valence-electron chi connectivity index (χ1n) is 5.22. The fourth-order valence-electron chi connectivity index (χ4n) is 1.96. The molecule has 76 valence electrons. The van der Waals surface area contributed by atoms with Gasteiger partial charge in [0.25, 0.3) is 0 Å². The monoisotopic (exact) mass is 191 g/mol. The minimum atomic E-state index is -0.358. The zero-order valence-electron chi connectivity index (χ0n) is 8.53. The van der Waals surface area contributed by atoms with Crippen LogP contribution in [0.4, 0.5) is 5.69 Å². The topological polar surface area (TPSA) is 46.2 Å². The Labute approximate surface area is 84.7 Å². The lowest BCUT2D eigenvalue weighted by atomic mass is 9.78. The fraction of sp³-hybridized carbons (Fsp3) is 0.500. The van der Waals surface area contributed by atoms with Gasteiger partial charge in [0.15, 0.2) is 0 Å². The van der Waals surface area contributed by atoms with Gasteiger partial charge < -0.3 is 10.8 Å². The second-order valence-corrected chi connectivity index (χ2v) is 4.27. The van der Waals surface area contributed by atoms with Crippen LogP contribution in [0, 0.1) is 12.8 Å². The lowest BCUT2D eigenvalue weighted by molar-refractivity contribution is 0.0626. The van der Waals surface area contributed by atoms with Crippen molar-refractivity contribution in [3.05, 3.63) is 29.3 Å². The van der Waals surface area contributed by atoms with Crippen LogP contribution in [-0.2, 0) is 0 Å². The third-order valence-electron chi connectivity index (χ3n) is 3.16. The molecule has 2 heteroatoms. The Kier molecular flexibility index (Phi) is 2.46. The molecular weight excluding hydrogens is 174 g/mol. The molecule has 0 heterocycles. The molecule has 2 rings (SSSR count). The number of anilines is 1. The van der Waals surface area contributed by atoms with Gasteiger partial charge in [-0.2, -0.15) is 0 Å². The molecule has 1 aromatic rings. The van der Waals surface area contributed by atoms with E-state index in [9.17, 15) is 5.11 Å². The Balaban J connectivity index is 2.24. The summed E-state index contributed by atoms with van der Waals surface area (Å²) in [4.78, 5) is 0. The minimum Gasteiger partial charge on any atom is -0.398 e. The zero-order valence-corrected chi connectivity index (χ0v) is 8.53. The van der Waals surface area contributed by atoms with Crippen LogP contribution in [0.15, 0.2) is 18.2 Å². The highest BCUT2D eigenvalue weighted by molar-refractivity contribution is 5.49. The molecule has 1 aliphatic rings. The van der Waals surface area contributed by atoms with Gasteiger partial charge in [0.2, 0.25) is 0 Å². The maximum Gasteiger partial charge on any atom is 0.0838 e. The second-order valence-electron chi connectivity index (χ2n) is 4.27. The van der Waals surface area contributed by atoms with Crippen molar-refractivity contribution in [2.75, 3.05) is 5.73 Å². The molecule has 0 saturated heterocycles. The molecule has 1 atom stereocenters. The van der Waals surface area contributed by atoms with E-state index < -0.39 is 0 Å². The summed E-state index contributed by atoms with van der Waals surface area (Å²) in [5.41, 5.74) is 8.64. The van der Waals surface area contributed by atoms with E-state index in [0.717, 1.165) is 29.7 Å². The van der Waals surface area contributed by atoms with Crippen LogP contribution in [0.5, 0.6) is 0 Å². The molecule has 0 radical (unpaired) electrons. The van der Waals surface area contributed by atoms with Crippen LogP contribution in [0.1, 0.15) is 36.5 Å². The maximum atomic E-state index is 10.1. The first kappa shape index (κ1) is 9.53. The normalized spacial score (nSPS) is 19.0. The van der Waals surface area contributed by atoms with Gasteiger partial charge in [-0.15, -0.1) is 0 Å². The number of nitrogen functional groups attached to an aromatic ring is 1. The fourth-order valence-corrected chi connectivity index (χ4v) is 1.96. The van der Waals surface area contributed by atoms with Gasteiger partial charge in [-0.25, -0.2) is 0 Å². The summed E-state index contributed by atoms with van der Waals surface area (Å²) < 4.78 is 0. The van der Waals surface area contributed by atoms with E-state index in [1.165, 1.54) is 6.42 Å². The summed E-state index contributed by atoms with van der Waals surface area (Å²) in [7, 11) is 0. The molecule has 1 fully saturated rings. The van der Waals surface area contributed by atoms with Crippen molar-refractivity contribution in [1.82, 2.24) is 0 Å². The summed E-state index contributed by atoms with van der Waals surface area (Å²) in [5.74, 6) is 0.430. The number of benzene rings is 1. The summed E-state index contributed by atoms with van der Waals surface area (Å²) in [6.07, 6.45) is 3.15. The van der Waals surface area contributed by atoms with Crippen molar-refractivity contribution >= 4 is 5.69 Å². The van der Waals surface area contributed by atoms with Crippen molar-refractivity contribution in [3.8, 4) is 0 Å². The van der Waals surface area contributed by atoms with Crippen LogP contribution in [-0.4, -0.2) is 5.11 Å². The largest absolute Gasteiger partial charge is 0.398 e. The van der Waals surface area contributed by atoms with Gasteiger partial charge in [-0.3, -0.25) is 0 Å². The highest BCUT2D eigenvalue weighted by atomic mass is 16.3. The van der Waals surface area contributed by atoms with Crippen molar-refractivity contribution in [2.24, 2.45) is 5.92 Å². The van der Waals surface area contributed by atoms with E-state index in [4.69, 9.17) is 5.73 Å². The van der Waals surface area contributed by atoms with Gasteiger partial charge in [0, 0.05) is 11.3 Å². The van der Waals surface area contributed by atoms with E-state index in [0.29, 0.717) is 5.92 Å². The standard InChI is InChI=1S/C12H17NO/c1-8-5-6-11(13)10(7-8)12(14)9-3-2-4-9/h5-7,9,12,14H,2-4,13H2,1H3. The molecule has 0 amide bonds. The molecule has 0 spiro atoms. The highest BCUT2D eigenvalue weighted by Gasteiger charge is 2.27. The number of nitrogens with two attached hydrogens (primary N) is 1. The lowest BCUT2D eigenvalue weighted by Crippen LogP contribution is -2.20. The summed E-state index contributed by atoms with van der Waals surface area (Å²) in [6, 6.07) is 5.86. The molecule has 0 aromatic heterocycles. The van der Waals surface area contributed by atoms with Crippen LogP contribution < -0.4 is 5.73 Å². The van der Waals surface area contributed by atoms with E-state index >= 15 is 0 Å². The quantitative estimate of drug-likeness (QED) is 0.705. The van der Waals surface area contributed by atoms with Gasteiger partial charge in [-0.05, 0) is 31.7 Å². The Morgan fingerprint density at radius 1 is 1.43 bits per heavy atom. The van der Waals surface area contributed by atoms with Crippen LogP contribution in [0.3, 0.4) is 0 Å². The van der Waals surface area contributed by atoms with E-state index in [2.05, 4.69) is 0 Å². The SMILES string of the molecule is Cc1ccc(N)c(C(O)C2CCC2)c1. The molecule has 1 aliphatic carbocycles. The highest BCUT2D eigenvalue weighted by Crippen LogP contribution is 2.39. The molecule has 14 heavy (non-hydrogen) atoms. The third-order valence-corrected chi connectivity index (χ3v) is 3.16. The number of hydrogen-bond donors (Lipinski definition) is 2. The first-order valence-corrected chi connectivity index (χ1v) is 5.22. The molecule has 0 bridgehead atoms. The number of aliphatic hydroxyl groups is 1. The Bertz CT molecular complexity index is 331. The second kappa shape index (κ2) is 3.62. The summed E-state index contributed by atoms with van der Waals surface area (Å²) >= 11 is 0. The minimum absolute atomic E-state index is 0.358. The average molecular weight is 191 g/mol. The van der Waals surface area contributed by atoms with Crippen molar-refractivity contribution in [1.29, 1.82) is 0 Å². The lowest BCUT2D eigenvalue weighted by Gasteiger charge is -2.31. The van der Waals surface area contributed by atoms with Gasteiger partial charge in [0.05, 0.1) is 6.10 Å². The predicted molar refractivity (Wildman–Crippen MR) is 57.9 cm³/mol. The van der Waals surface area contributed by atoms with E-state index in [1.807, 2.05) is 25.1 Å². The Hall–Kier alpha value is -1.02. The van der Waals surface area contributed by atoms with E-state index in [-0.39, 0.29) is 6.10 Å². The molecule has 0 aliphatic heterocycles. The van der Waals surface area contributed by atoms with Crippen molar-refractivity contribution in [2.45, 2.75) is 32.3 Å². The average Bonchev–Trinajstić information content (AvgIpc) is 2.06. The van der Waals surface area contributed by atoms with Crippen LogP contribution in [0.25, 0.3) is 0 Å². The number of aliphatic hydroxyl groups excluding tert-OH is 1. The van der Waals surface area contributed by atoms with Gasteiger partial charge in [-0.1, -0.05) is 24.1 Å². The van der Waals surface area contributed by atoms with Crippen molar-refractivity contribution in [3.63, 3.8) is 0 Å². The molecule has 1 unspecified atom stereocenters. The summed E-state index contributed by atoms with van der Waals surface area (Å²) in [5, 5.41) is 10.1. The molecule has 2 nitrogen and oxygen atoms in total. The Morgan fingerprint density at radius 2 is 2.14 bits per heavy atom. The molecular formula is C12H17NO. The zero-order chi connectivity index (χ0) is 10.1. The maximum absolute atomic E-state index is 10.1. The van der Waals surface area contributed by atoms with Gasteiger partial charge in [0.1, 0.15) is 0 Å². The Morgan fingerprint density at radius 3 is 2.71 bits per heavy atom. The van der Waals surface area contributed by atoms with Crippen LogP contribution >= 0.6 is 0 Å². The predicted octanol–water partition coefficient (Wildman–Crippen LogP) is 2.41. The molecule has 3 N–H and O–H groups in total. The smallest absolute Gasteiger partial charge is 0.0838 e. The van der Waals surface area contributed by atoms with Gasteiger partial charge >= 0.3 is 0 Å². The number of hydrogen-bond acceptors (Lipinski definition) is 2. The van der Waals surface area contributed by atoms with Crippen LogP contribution in [0.2, 0.25) is 0 Å². The number of aryl methyl sites for hydroxylation is 1.